The summed E-state index contributed by atoms with van der Waals surface area (Å²) in [5, 5.41) is 12.8. The van der Waals surface area contributed by atoms with Crippen molar-refractivity contribution >= 4 is 11.8 Å². The molecule has 30 heavy (non-hydrogen) atoms. The lowest BCUT2D eigenvalue weighted by molar-refractivity contribution is -0.138. The fraction of sp³-hybridized carbons (Fsp3) is 0.682. The number of likely N-dealkylation sites (N-methyl/N-ethyl adjacent to an activating group) is 2. The highest BCUT2D eigenvalue weighted by atomic mass is 16.3. The van der Waals surface area contributed by atoms with E-state index in [0.717, 1.165) is 24.9 Å². The number of nitrogens with one attached hydrogen (secondary N) is 1. The van der Waals surface area contributed by atoms with Crippen LogP contribution >= 0.6 is 0 Å². The third-order valence-corrected chi connectivity index (χ3v) is 6.03. The Bertz CT molecular complexity index is 693. The minimum Gasteiger partial charge on any atom is -0.393 e. The number of aliphatic hydroxyl groups excluding tert-OH is 1. The van der Waals surface area contributed by atoms with Crippen LogP contribution in [-0.2, 0) is 16.1 Å². The predicted octanol–water partition coefficient (Wildman–Crippen LogP) is 0.323. The van der Waals surface area contributed by atoms with Crippen LogP contribution in [0.5, 0.6) is 0 Å². The van der Waals surface area contributed by atoms with Crippen LogP contribution in [0.2, 0.25) is 0 Å². The Balaban J connectivity index is 1.46. The van der Waals surface area contributed by atoms with Gasteiger partial charge in [-0.2, -0.15) is 0 Å². The topological polar surface area (TPSA) is 89.0 Å². The number of carbonyl (C=O) groups is 2. The van der Waals surface area contributed by atoms with Gasteiger partial charge in [0.25, 0.3) is 0 Å². The molecule has 166 valence electrons. The van der Waals surface area contributed by atoms with Crippen LogP contribution in [0.1, 0.15) is 31.2 Å². The van der Waals surface area contributed by atoms with Gasteiger partial charge in [0.1, 0.15) is 0 Å². The molecule has 0 spiro atoms. The molecule has 2 N–H and O–H groups in total. The summed E-state index contributed by atoms with van der Waals surface area (Å²) in [4.78, 5) is 35.5. The number of amides is 2. The van der Waals surface area contributed by atoms with Gasteiger partial charge in [-0.1, -0.05) is 0 Å². The normalized spacial score (nSPS) is 23.9. The maximum Gasteiger partial charge on any atom is 0.234 e. The van der Waals surface area contributed by atoms with Crippen molar-refractivity contribution in [3.8, 4) is 0 Å². The molecule has 2 aliphatic rings. The van der Waals surface area contributed by atoms with E-state index in [0.29, 0.717) is 45.6 Å². The number of nitrogens with zero attached hydrogens (tertiary/aromatic N) is 4. The van der Waals surface area contributed by atoms with E-state index in [1.54, 1.807) is 12.4 Å². The van der Waals surface area contributed by atoms with E-state index >= 15 is 0 Å². The molecule has 0 aliphatic carbocycles. The van der Waals surface area contributed by atoms with Crippen LogP contribution in [-0.4, -0.2) is 95.6 Å². The van der Waals surface area contributed by atoms with Gasteiger partial charge in [-0.15, -0.1) is 0 Å². The van der Waals surface area contributed by atoms with Crippen LogP contribution in [0.3, 0.4) is 0 Å². The Kier molecular flexibility index (Phi) is 8.18. The summed E-state index contributed by atoms with van der Waals surface area (Å²) in [5.74, 6) is 0.166. The molecule has 8 heteroatoms. The van der Waals surface area contributed by atoms with Crippen molar-refractivity contribution in [3.63, 3.8) is 0 Å². The molecule has 8 nitrogen and oxygen atoms in total. The molecule has 1 aromatic heterocycles. The van der Waals surface area contributed by atoms with Crippen LogP contribution in [0.25, 0.3) is 0 Å². The molecule has 2 aliphatic heterocycles. The van der Waals surface area contributed by atoms with Gasteiger partial charge in [-0.05, 0) is 57.5 Å². The molecular weight excluding hydrogens is 382 g/mol. The average Bonchev–Trinajstić information content (AvgIpc) is 2.89. The van der Waals surface area contributed by atoms with Crippen molar-refractivity contribution in [2.24, 2.45) is 5.92 Å². The first kappa shape index (κ1) is 22.7. The summed E-state index contributed by atoms with van der Waals surface area (Å²) in [6.45, 7) is 3.78. The molecule has 2 fully saturated rings. The Hall–Kier alpha value is -2.03. The fourth-order valence-corrected chi connectivity index (χ4v) is 4.45. The zero-order chi connectivity index (χ0) is 21.5. The quantitative estimate of drug-likeness (QED) is 0.693. The third kappa shape index (κ3) is 6.75. The second-order valence-electron chi connectivity index (χ2n) is 8.84. The van der Waals surface area contributed by atoms with Gasteiger partial charge in [0.05, 0.1) is 18.6 Å². The summed E-state index contributed by atoms with van der Waals surface area (Å²) in [7, 11) is 3.95. The zero-order valence-electron chi connectivity index (χ0n) is 18.2. The standard InChI is InChI=1S/C22H35N5O3/c1-25(13-17-5-9-23-10-6-17)16-21(29)24-19-4-3-18(14-26(2)15-19)22(30)27-11-7-20(28)8-12-27/h5-6,9-10,18-20,28H,3-4,7-8,11-16H2,1-2H3,(H,24,29)/t18-,19+/m1/s1. The molecule has 0 saturated carbocycles. The maximum absolute atomic E-state index is 12.9. The van der Waals surface area contributed by atoms with Crippen LogP contribution in [0.4, 0.5) is 0 Å². The molecule has 2 atom stereocenters. The molecule has 0 radical (unpaired) electrons. The van der Waals surface area contributed by atoms with E-state index in [1.807, 2.05) is 36.0 Å². The number of hydrogen-bond donors (Lipinski definition) is 2. The number of pyridine rings is 1. The lowest BCUT2D eigenvalue weighted by atomic mass is 9.98. The molecule has 1 aromatic rings. The smallest absolute Gasteiger partial charge is 0.234 e. The predicted molar refractivity (Wildman–Crippen MR) is 115 cm³/mol. The molecule has 0 unspecified atom stereocenters. The van der Waals surface area contributed by atoms with Crippen molar-refractivity contribution in [2.75, 3.05) is 46.8 Å². The Morgan fingerprint density at radius 3 is 2.57 bits per heavy atom. The summed E-state index contributed by atoms with van der Waals surface area (Å²) in [6, 6.07) is 3.96. The largest absolute Gasteiger partial charge is 0.393 e. The first-order valence-corrected chi connectivity index (χ1v) is 10.9. The summed E-state index contributed by atoms with van der Waals surface area (Å²) < 4.78 is 0. The van der Waals surface area contributed by atoms with Gasteiger partial charge in [-0.25, -0.2) is 0 Å². The summed E-state index contributed by atoms with van der Waals surface area (Å²) >= 11 is 0. The highest BCUT2D eigenvalue weighted by molar-refractivity contribution is 5.79. The number of aliphatic hydroxyl groups is 1. The lowest BCUT2D eigenvalue weighted by Crippen LogP contribution is -2.46. The van der Waals surface area contributed by atoms with Gasteiger partial charge in [0.15, 0.2) is 0 Å². The minimum atomic E-state index is -0.276. The van der Waals surface area contributed by atoms with Crippen molar-refractivity contribution < 1.29 is 14.7 Å². The Morgan fingerprint density at radius 1 is 1.17 bits per heavy atom. The number of likely N-dealkylation sites (tertiary alicyclic amines) is 2. The van der Waals surface area contributed by atoms with Gasteiger partial charge in [0, 0.05) is 51.2 Å². The number of rotatable bonds is 6. The molecule has 2 saturated heterocycles. The SMILES string of the molecule is CN(CC(=O)N[C@H]1CC[C@@H](C(=O)N2CCC(O)CC2)CN(C)C1)Cc1ccncc1. The van der Waals surface area contributed by atoms with Crippen LogP contribution in [0, 0.1) is 5.92 Å². The van der Waals surface area contributed by atoms with Gasteiger partial charge < -0.3 is 20.2 Å². The molecule has 3 rings (SSSR count). The van der Waals surface area contributed by atoms with E-state index in [2.05, 4.69) is 15.2 Å². The zero-order valence-corrected chi connectivity index (χ0v) is 18.2. The first-order chi connectivity index (χ1) is 14.4. The summed E-state index contributed by atoms with van der Waals surface area (Å²) in [5.41, 5.74) is 1.13. The molecule has 3 heterocycles. The van der Waals surface area contributed by atoms with Gasteiger partial charge in [0.2, 0.25) is 11.8 Å². The molecular formula is C22H35N5O3. The number of aromatic nitrogens is 1. The lowest BCUT2D eigenvalue weighted by Gasteiger charge is -2.33. The molecule has 2 amide bonds. The number of hydrogen-bond acceptors (Lipinski definition) is 6. The van der Waals surface area contributed by atoms with Crippen LogP contribution < -0.4 is 5.32 Å². The highest BCUT2D eigenvalue weighted by Gasteiger charge is 2.31. The highest BCUT2D eigenvalue weighted by Crippen LogP contribution is 2.21. The van der Waals surface area contributed by atoms with Crippen LogP contribution in [0.15, 0.2) is 24.5 Å². The van der Waals surface area contributed by atoms with E-state index in [4.69, 9.17) is 0 Å². The second-order valence-corrected chi connectivity index (χ2v) is 8.84. The third-order valence-electron chi connectivity index (χ3n) is 6.03. The van der Waals surface area contributed by atoms with Crippen molar-refractivity contribution in [1.29, 1.82) is 0 Å². The van der Waals surface area contributed by atoms with Gasteiger partial charge in [-0.3, -0.25) is 19.5 Å². The number of piperidine rings is 1. The minimum absolute atomic E-state index is 0.0137. The van der Waals surface area contributed by atoms with E-state index in [-0.39, 0.29) is 29.9 Å². The van der Waals surface area contributed by atoms with Crippen molar-refractivity contribution in [2.45, 2.75) is 44.4 Å². The molecule has 0 aromatic carbocycles. The molecule has 0 bridgehead atoms. The Morgan fingerprint density at radius 2 is 1.87 bits per heavy atom. The van der Waals surface area contributed by atoms with E-state index in [1.165, 1.54) is 0 Å². The van der Waals surface area contributed by atoms with E-state index in [9.17, 15) is 14.7 Å². The average molecular weight is 418 g/mol. The van der Waals surface area contributed by atoms with Gasteiger partial charge >= 0.3 is 0 Å². The monoisotopic (exact) mass is 417 g/mol. The fourth-order valence-electron chi connectivity index (χ4n) is 4.45. The Labute approximate surface area is 179 Å². The first-order valence-electron chi connectivity index (χ1n) is 10.9. The van der Waals surface area contributed by atoms with E-state index < -0.39 is 0 Å². The number of carbonyl (C=O) groups excluding carboxylic acids is 2. The maximum atomic E-state index is 12.9. The summed E-state index contributed by atoms with van der Waals surface area (Å²) in [6.07, 6.45) is 6.15. The van der Waals surface area contributed by atoms with Crippen molar-refractivity contribution in [3.05, 3.63) is 30.1 Å². The van der Waals surface area contributed by atoms with Crippen molar-refractivity contribution in [1.82, 2.24) is 25.0 Å². The second kappa shape index (κ2) is 10.8.